The standard InChI is InChI=1S/C17H13F3N2O6/c1-2-27-16(24)14-11(7-28-21-14)15(23)10-5-9(8-3-4-8)12(17(18,19)20)6-13(10)22(25)26/h5-8H,2-4H2,1H3. The highest BCUT2D eigenvalue weighted by molar-refractivity contribution is 6.15. The summed E-state index contributed by atoms with van der Waals surface area (Å²) < 4.78 is 49.4. The molecule has 0 aliphatic heterocycles. The largest absolute Gasteiger partial charge is 0.461 e. The Morgan fingerprint density at radius 2 is 2.00 bits per heavy atom. The number of carbonyl (C=O) groups is 2. The van der Waals surface area contributed by atoms with E-state index in [1.807, 2.05) is 0 Å². The van der Waals surface area contributed by atoms with E-state index in [9.17, 15) is 32.9 Å². The molecule has 11 heteroatoms. The number of halogens is 3. The van der Waals surface area contributed by atoms with Crippen LogP contribution in [0, 0.1) is 10.1 Å². The molecule has 0 N–H and O–H groups in total. The first kappa shape index (κ1) is 19.5. The number of aromatic nitrogens is 1. The topological polar surface area (TPSA) is 113 Å². The van der Waals surface area contributed by atoms with Crippen LogP contribution in [0.4, 0.5) is 18.9 Å². The van der Waals surface area contributed by atoms with Crippen LogP contribution in [-0.2, 0) is 10.9 Å². The van der Waals surface area contributed by atoms with Gasteiger partial charge in [-0.15, -0.1) is 0 Å². The number of rotatable bonds is 6. The number of nitro groups is 1. The Kier molecular flexibility index (Phi) is 4.92. The van der Waals surface area contributed by atoms with Crippen molar-refractivity contribution in [2.75, 3.05) is 6.61 Å². The number of ether oxygens (including phenoxy) is 1. The van der Waals surface area contributed by atoms with Gasteiger partial charge in [0.25, 0.3) is 5.69 Å². The molecule has 0 unspecified atom stereocenters. The maximum Gasteiger partial charge on any atom is 0.416 e. The van der Waals surface area contributed by atoms with E-state index in [1.165, 1.54) is 6.92 Å². The van der Waals surface area contributed by atoms with E-state index < -0.39 is 56.8 Å². The van der Waals surface area contributed by atoms with Crippen molar-refractivity contribution in [3.63, 3.8) is 0 Å². The van der Waals surface area contributed by atoms with Crippen LogP contribution < -0.4 is 0 Å². The van der Waals surface area contributed by atoms with Gasteiger partial charge >= 0.3 is 12.1 Å². The van der Waals surface area contributed by atoms with Crippen molar-refractivity contribution in [2.24, 2.45) is 0 Å². The number of hydrogen-bond acceptors (Lipinski definition) is 7. The molecule has 3 rings (SSSR count). The first-order chi connectivity index (χ1) is 13.1. The monoisotopic (exact) mass is 398 g/mol. The van der Waals surface area contributed by atoms with Gasteiger partial charge in [0.15, 0.2) is 0 Å². The second-order valence-electron chi connectivity index (χ2n) is 6.11. The molecule has 148 valence electrons. The van der Waals surface area contributed by atoms with Gasteiger partial charge in [-0.05, 0) is 37.3 Å². The van der Waals surface area contributed by atoms with Gasteiger partial charge in [-0.25, -0.2) is 4.79 Å². The van der Waals surface area contributed by atoms with Gasteiger partial charge in [0.1, 0.15) is 11.8 Å². The van der Waals surface area contributed by atoms with Crippen molar-refractivity contribution < 1.29 is 36.9 Å². The molecule has 0 saturated heterocycles. The summed E-state index contributed by atoms with van der Waals surface area (Å²) in [6, 6.07) is 1.24. The van der Waals surface area contributed by atoms with Gasteiger partial charge in [0.2, 0.25) is 11.5 Å². The van der Waals surface area contributed by atoms with Crippen molar-refractivity contribution in [1.82, 2.24) is 5.16 Å². The van der Waals surface area contributed by atoms with E-state index >= 15 is 0 Å². The van der Waals surface area contributed by atoms with Crippen molar-refractivity contribution >= 4 is 17.4 Å². The second kappa shape index (κ2) is 7.06. The first-order valence-corrected chi connectivity index (χ1v) is 8.20. The Balaban J connectivity index is 2.15. The van der Waals surface area contributed by atoms with Crippen molar-refractivity contribution in [1.29, 1.82) is 0 Å². The molecule has 0 spiro atoms. The number of carbonyl (C=O) groups excluding carboxylic acids is 2. The van der Waals surface area contributed by atoms with E-state index in [1.54, 1.807) is 0 Å². The predicted octanol–water partition coefficient (Wildman–Crippen LogP) is 3.89. The third-order valence-electron chi connectivity index (χ3n) is 4.21. The van der Waals surface area contributed by atoms with E-state index in [0.717, 1.165) is 12.3 Å². The van der Waals surface area contributed by atoms with Crippen LogP contribution in [0.5, 0.6) is 0 Å². The number of ketones is 1. The summed E-state index contributed by atoms with van der Waals surface area (Å²) in [7, 11) is 0. The lowest BCUT2D eigenvalue weighted by molar-refractivity contribution is -0.385. The smallest absolute Gasteiger partial charge is 0.416 e. The van der Waals surface area contributed by atoms with E-state index in [-0.39, 0.29) is 12.2 Å². The fourth-order valence-electron chi connectivity index (χ4n) is 2.81. The summed E-state index contributed by atoms with van der Waals surface area (Å²) in [5, 5.41) is 14.7. The third-order valence-corrected chi connectivity index (χ3v) is 4.21. The molecule has 1 aliphatic carbocycles. The van der Waals surface area contributed by atoms with Crippen molar-refractivity contribution in [2.45, 2.75) is 31.9 Å². The van der Waals surface area contributed by atoms with Gasteiger partial charge in [-0.2, -0.15) is 13.2 Å². The molecule has 0 bridgehead atoms. The first-order valence-electron chi connectivity index (χ1n) is 8.20. The van der Waals surface area contributed by atoms with Gasteiger partial charge < -0.3 is 9.26 Å². The van der Waals surface area contributed by atoms with E-state index in [4.69, 9.17) is 4.74 Å². The summed E-state index contributed by atoms with van der Waals surface area (Å²) in [5.41, 5.74) is -3.85. The average Bonchev–Trinajstić information content (AvgIpc) is 3.35. The van der Waals surface area contributed by atoms with Crippen molar-refractivity contribution in [3.05, 3.63) is 56.5 Å². The van der Waals surface area contributed by atoms with Crippen molar-refractivity contribution in [3.8, 4) is 0 Å². The summed E-state index contributed by atoms with van der Waals surface area (Å²) in [6.45, 7) is 1.49. The zero-order valence-electron chi connectivity index (χ0n) is 14.4. The van der Waals surface area contributed by atoms with Crippen LogP contribution in [0.1, 0.15) is 63.2 Å². The fourth-order valence-corrected chi connectivity index (χ4v) is 2.81. The zero-order valence-corrected chi connectivity index (χ0v) is 14.4. The molecule has 0 radical (unpaired) electrons. The lowest BCUT2D eigenvalue weighted by Gasteiger charge is -2.14. The van der Waals surface area contributed by atoms with Gasteiger partial charge in [0, 0.05) is 6.07 Å². The quantitative estimate of drug-likeness (QED) is 0.314. The van der Waals surface area contributed by atoms with Crippen LogP contribution in [0.15, 0.2) is 22.9 Å². The van der Waals surface area contributed by atoms with Gasteiger partial charge in [0.05, 0.1) is 22.7 Å². The van der Waals surface area contributed by atoms with Crippen LogP contribution >= 0.6 is 0 Å². The van der Waals surface area contributed by atoms with Gasteiger partial charge in [-0.3, -0.25) is 14.9 Å². The maximum absolute atomic E-state index is 13.3. The van der Waals surface area contributed by atoms with E-state index in [2.05, 4.69) is 9.68 Å². The Morgan fingerprint density at radius 3 is 2.54 bits per heavy atom. The van der Waals surface area contributed by atoms with Crippen LogP contribution in [-0.4, -0.2) is 28.4 Å². The number of nitro benzene ring substituents is 1. The molecule has 1 aromatic carbocycles. The van der Waals surface area contributed by atoms with Crippen LogP contribution in [0.25, 0.3) is 0 Å². The molecule has 1 saturated carbocycles. The SMILES string of the molecule is CCOC(=O)c1nocc1C(=O)c1cc(C2CC2)c(C(F)(F)F)cc1[N+](=O)[O-]. The Hall–Kier alpha value is -3.24. The highest BCUT2D eigenvalue weighted by Crippen LogP contribution is 2.47. The maximum atomic E-state index is 13.3. The molecular weight excluding hydrogens is 385 g/mol. The number of alkyl halides is 3. The molecule has 8 nitrogen and oxygen atoms in total. The highest BCUT2D eigenvalue weighted by Gasteiger charge is 2.41. The summed E-state index contributed by atoms with van der Waals surface area (Å²) >= 11 is 0. The molecule has 0 atom stereocenters. The zero-order chi connectivity index (χ0) is 20.6. The number of benzene rings is 1. The molecule has 1 aliphatic rings. The fraction of sp³-hybridized carbons (Fsp3) is 0.353. The number of hydrogen-bond donors (Lipinski definition) is 0. The number of esters is 1. The molecule has 1 heterocycles. The minimum Gasteiger partial charge on any atom is -0.461 e. The normalized spacial score (nSPS) is 14.0. The minimum absolute atomic E-state index is 0.0222. The summed E-state index contributed by atoms with van der Waals surface area (Å²) in [6.07, 6.45) is -3.05. The Bertz CT molecular complexity index is 962. The minimum atomic E-state index is -4.81. The third kappa shape index (κ3) is 3.59. The molecule has 2 aromatic rings. The Labute approximate surface area is 155 Å². The summed E-state index contributed by atoms with van der Waals surface area (Å²) in [4.78, 5) is 35.0. The molecule has 28 heavy (non-hydrogen) atoms. The van der Waals surface area contributed by atoms with Crippen LogP contribution in [0.2, 0.25) is 0 Å². The number of nitrogens with zero attached hydrogens (tertiary/aromatic N) is 2. The van der Waals surface area contributed by atoms with E-state index in [0.29, 0.717) is 18.9 Å². The second-order valence-corrected chi connectivity index (χ2v) is 6.11. The molecular formula is C17H13F3N2O6. The highest BCUT2D eigenvalue weighted by atomic mass is 19.4. The van der Waals surface area contributed by atoms with Crippen LogP contribution in [0.3, 0.4) is 0 Å². The van der Waals surface area contributed by atoms with Gasteiger partial charge in [-0.1, -0.05) is 5.16 Å². The molecule has 1 aromatic heterocycles. The lowest BCUT2D eigenvalue weighted by Crippen LogP contribution is -2.15. The lowest BCUT2D eigenvalue weighted by atomic mass is 9.94. The molecule has 0 amide bonds. The summed E-state index contributed by atoms with van der Waals surface area (Å²) in [5.74, 6) is -2.47. The molecule has 1 fully saturated rings. The Morgan fingerprint density at radius 1 is 1.32 bits per heavy atom. The average molecular weight is 398 g/mol. The predicted molar refractivity (Wildman–Crippen MR) is 86.0 cm³/mol.